The number of aliphatic carboxylic acids is 1. The minimum atomic E-state index is -0.791. The Labute approximate surface area is 163 Å². The molecule has 2 saturated heterocycles. The van der Waals surface area contributed by atoms with Gasteiger partial charge in [-0.2, -0.15) is 0 Å². The molecule has 3 rings (SSSR count). The number of rotatable bonds is 8. The lowest BCUT2D eigenvalue weighted by Crippen LogP contribution is -2.64. The number of urea groups is 1. The summed E-state index contributed by atoms with van der Waals surface area (Å²) in [7, 11) is 1.64. The molecule has 2 fully saturated rings. The molecular formula is C19H25N5O4. The summed E-state index contributed by atoms with van der Waals surface area (Å²) in [6.45, 7) is 1.01. The third-order valence-corrected chi connectivity index (χ3v) is 4.93. The summed E-state index contributed by atoms with van der Waals surface area (Å²) < 4.78 is 0. The van der Waals surface area contributed by atoms with E-state index in [0.717, 1.165) is 18.4 Å². The Hall–Kier alpha value is -3.10. The number of likely N-dealkylation sites (N-methyl/N-ethyl adjacent to an activating group) is 1. The lowest BCUT2D eigenvalue weighted by molar-refractivity contribution is -0.137. The zero-order chi connectivity index (χ0) is 20.1. The van der Waals surface area contributed by atoms with E-state index in [1.165, 1.54) is 4.90 Å². The fourth-order valence-corrected chi connectivity index (χ4v) is 3.42. The summed E-state index contributed by atoms with van der Waals surface area (Å²) in [6.07, 6.45) is 1.83. The fourth-order valence-electron chi connectivity index (χ4n) is 3.42. The Morgan fingerprint density at radius 1 is 1.18 bits per heavy atom. The highest BCUT2D eigenvalue weighted by Gasteiger charge is 2.49. The highest BCUT2D eigenvalue weighted by molar-refractivity contribution is 6.04. The summed E-state index contributed by atoms with van der Waals surface area (Å²) in [5.41, 5.74) is 1.03. The number of imide groups is 1. The Balaban J connectivity index is 1.72. The van der Waals surface area contributed by atoms with E-state index in [4.69, 9.17) is 5.11 Å². The maximum atomic E-state index is 12.5. The second-order valence-electron chi connectivity index (χ2n) is 6.96. The van der Waals surface area contributed by atoms with Crippen LogP contribution in [0.5, 0.6) is 0 Å². The van der Waals surface area contributed by atoms with Crippen molar-refractivity contribution in [2.75, 3.05) is 13.6 Å². The van der Waals surface area contributed by atoms with Gasteiger partial charge in [0.15, 0.2) is 12.0 Å². The van der Waals surface area contributed by atoms with Crippen molar-refractivity contribution in [3.8, 4) is 0 Å². The van der Waals surface area contributed by atoms with Crippen molar-refractivity contribution >= 4 is 23.9 Å². The van der Waals surface area contributed by atoms with Crippen LogP contribution in [0.1, 0.15) is 31.2 Å². The van der Waals surface area contributed by atoms with Crippen LogP contribution in [-0.4, -0.2) is 64.6 Å². The largest absolute Gasteiger partial charge is 0.481 e. The Bertz CT molecular complexity index is 767. The van der Waals surface area contributed by atoms with Gasteiger partial charge in [0.25, 0.3) is 5.91 Å². The SMILES string of the molecule is CN1C(=O)NC(=O)C2C1NC(=NCCCCCC(=O)O)N2Cc1ccccc1. The average Bonchev–Trinajstić information content (AvgIpc) is 3.02. The summed E-state index contributed by atoms with van der Waals surface area (Å²) in [4.78, 5) is 43.0. The van der Waals surface area contributed by atoms with Crippen LogP contribution in [0.2, 0.25) is 0 Å². The van der Waals surface area contributed by atoms with Crippen molar-refractivity contribution in [3.63, 3.8) is 0 Å². The number of guanidine groups is 1. The first-order valence-electron chi connectivity index (χ1n) is 9.38. The first-order valence-corrected chi connectivity index (χ1v) is 9.38. The molecule has 2 atom stereocenters. The molecule has 0 saturated carbocycles. The maximum Gasteiger partial charge on any atom is 0.325 e. The molecule has 0 aromatic heterocycles. The van der Waals surface area contributed by atoms with Crippen LogP contribution in [0.15, 0.2) is 35.3 Å². The lowest BCUT2D eigenvalue weighted by atomic mass is 10.1. The number of nitrogens with zero attached hydrogens (tertiary/aromatic N) is 3. The number of benzene rings is 1. The fraction of sp³-hybridized carbons (Fsp3) is 0.474. The third kappa shape index (κ3) is 4.41. The van der Waals surface area contributed by atoms with E-state index in [2.05, 4.69) is 15.6 Å². The van der Waals surface area contributed by atoms with Crippen LogP contribution in [0, 0.1) is 0 Å². The molecule has 28 heavy (non-hydrogen) atoms. The van der Waals surface area contributed by atoms with Gasteiger partial charge in [0.1, 0.15) is 6.17 Å². The number of carbonyl (C=O) groups excluding carboxylic acids is 2. The van der Waals surface area contributed by atoms with Gasteiger partial charge in [0.05, 0.1) is 0 Å². The molecule has 9 nitrogen and oxygen atoms in total. The molecule has 2 aliphatic rings. The van der Waals surface area contributed by atoms with Gasteiger partial charge in [-0.3, -0.25) is 19.9 Å². The van der Waals surface area contributed by atoms with Crippen LogP contribution in [0.3, 0.4) is 0 Å². The highest BCUT2D eigenvalue weighted by atomic mass is 16.4. The van der Waals surface area contributed by atoms with Crippen LogP contribution in [0.25, 0.3) is 0 Å². The van der Waals surface area contributed by atoms with Crippen molar-refractivity contribution in [1.29, 1.82) is 0 Å². The Morgan fingerprint density at radius 2 is 1.93 bits per heavy atom. The highest BCUT2D eigenvalue weighted by Crippen LogP contribution is 2.22. The van der Waals surface area contributed by atoms with Crippen molar-refractivity contribution < 1.29 is 19.5 Å². The molecule has 2 unspecified atom stereocenters. The molecule has 3 N–H and O–H groups in total. The van der Waals surface area contributed by atoms with Gasteiger partial charge in [-0.25, -0.2) is 4.79 Å². The number of carbonyl (C=O) groups is 3. The Kier molecular flexibility index (Phi) is 6.13. The first kappa shape index (κ1) is 19.7. The second kappa shape index (κ2) is 8.73. The summed E-state index contributed by atoms with van der Waals surface area (Å²) in [5.74, 6) is -0.558. The number of carboxylic acid groups (broad SMARTS) is 1. The first-order chi connectivity index (χ1) is 13.5. The Morgan fingerprint density at radius 3 is 2.64 bits per heavy atom. The van der Waals surface area contributed by atoms with Crippen molar-refractivity contribution in [2.24, 2.45) is 4.99 Å². The summed E-state index contributed by atoms with van der Waals surface area (Å²) in [5, 5.41) is 14.3. The van der Waals surface area contributed by atoms with Crippen LogP contribution >= 0.6 is 0 Å². The normalized spacial score (nSPS) is 22.8. The van der Waals surface area contributed by atoms with E-state index >= 15 is 0 Å². The summed E-state index contributed by atoms with van der Waals surface area (Å²) >= 11 is 0. The van der Waals surface area contributed by atoms with Gasteiger partial charge in [0, 0.05) is 26.6 Å². The number of unbranched alkanes of at least 4 members (excludes halogenated alkanes) is 2. The number of carboxylic acids is 1. The smallest absolute Gasteiger partial charge is 0.325 e. The van der Waals surface area contributed by atoms with Gasteiger partial charge < -0.3 is 20.2 Å². The minimum Gasteiger partial charge on any atom is -0.481 e. The van der Waals surface area contributed by atoms with Gasteiger partial charge >= 0.3 is 12.0 Å². The van der Waals surface area contributed by atoms with E-state index in [9.17, 15) is 14.4 Å². The topological polar surface area (TPSA) is 114 Å². The molecule has 0 bridgehead atoms. The van der Waals surface area contributed by atoms with Crippen molar-refractivity contribution in [2.45, 2.75) is 44.4 Å². The number of fused-ring (bicyclic) bond motifs is 1. The lowest BCUT2D eigenvalue weighted by Gasteiger charge is -2.35. The zero-order valence-electron chi connectivity index (χ0n) is 15.8. The molecule has 150 valence electrons. The quantitative estimate of drug-likeness (QED) is 0.573. The molecule has 2 aliphatic heterocycles. The number of aliphatic imine (C=N–C) groups is 1. The van der Waals surface area contributed by atoms with Gasteiger partial charge in [0.2, 0.25) is 0 Å². The average molecular weight is 387 g/mol. The molecule has 1 aromatic carbocycles. The molecule has 1 aromatic rings. The molecule has 2 heterocycles. The van der Waals surface area contributed by atoms with Crippen LogP contribution in [0.4, 0.5) is 4.79 Å². The van der Waals surface area contributed by atoms with E-state index in [0.29, 0.717) is 25.5 Å². The minimum absolute atomic E-state index is 0.159. The van der Waals surface area contributed by atoms with Gasteiger partial charge in [-0.1, -0.05) is 36.8 Å². The maximum absolute atomic E-state index is 12.5. The molecule has 0 aliphatic carbocycles. The predicted octanol–water partition coefficient (Wildman–Crippen LogP) is 0.969. The second-order valence-corrected chi connectivity index (χ2v) is 6.96. The van der Waals surface area contributed by atoms with E-state index in [-0.39, 0.29) is 12.3 Å². The molecule has 0 radical (unpaired) electrons. The zero-order valence-corrected chi connectivity index (χ0v) is 15.8. The third-order valence-electron chi connectivity index (χ3n) is 4.93. The number of amides is 3. The number of hydrogen-bond donors (Lipinski definition) is 3. The van der Waals surface area contributed by atoms with Crippen LogP contribution in [-0.2, 0) is 16.1 Å². The monoisotopic (exact) mass is 387 g/mol. The number of hydrogen-bond acceptors (Lipinski definition) is 4. The molecule has 0 spiro atoms. The molecule has 3 amide bonds. The molecule has 9 heteroatoms. The van der Waals surface area contributed by atoms with Gasteiger partial charge in [-0.15, -0.1) is 0 Å². The van der Waals surface area contributed by atoms with Crippen LogP contribution < -0.4 is 10.6 Å². The molecular weight excluding hydrogens is 362 g/mol. The predicted molar refractivity (Wildman–Crippen MR) is 102 cm³/mol. The standard InChI is InChI=1S/C19H25N5O4/c1-23-16-15(17(27)22-19(23)28)24(12-13-8-4-2-5-9-13)18(21-16)20-11-7-3-6-10-14(25)26/h2,4-5,8-9,15-16H,3,6-7,10-12H2,1H3,(H,20,21)(H,25,26)(H,22,27,28). The van der Waals surface area contributed by atoms with E-state index in [1.54, 1.807) is 7.05 Å². The van der Waals surface area contributed by atoms with E-state index in [1.807, 2.05) is 35.2 Å². The van der Waals surface area contributed by atoms with Gasteiger partial charge in [-0.05, 0) is 18.4 Å². The van der Waals surface area contributed by atoms with Crippen molar-refractivity contribution in [3.05, 3.63) is 35.9 Å². The van der Waals surface area contributed by atoms with Crippen molar-refractivity contribution in [1.82, 2.24) is 20.4 Å². The number of nitrogens with one attached hydrogen (secondary N) is 2. The van der Waals surface area contributed by atoms with E-state index < -0.39 is 24.2 Å². The summed E-state index contributed by atoms with van der Waals surface area (Å²) in [6, 6.07) is 8.76.